The lowest BCUT2D eigenvalue weighted by atomic mass is 10.1. The summed E-state index contributed by atoms with van der Waals surface area (Å²) in [4.78, 5) is 3.90. The number of aromatic nitrogens is 1. The molecule has 1 aromatic carbocycles. The van der Waals surface area contributed by atoms with Gasteiger partial charge in [-0.05, 0) is 18.6 Å². The normalized spacial score (nSPS) is 10.9. The zero-order valence-electron chi connectivity index (χ0n) is 9.41. The summed E-state index contributed by atoms with van der Waals surface area (Å²) in [6.07, 6.45) is -2.51. The molecule has 0 saturated heterocycles. The van der Waals surface area contributed by atoms with Gasteiger partial charge in [-0.25, -0.2) is 13.8 Å². The minimum Gasteiger partial charge on any atom is -0.496 e. The van der Waals surface area contributed by atoms with Gasteiger partial charge in [-0.3, -0.25) is 0 Å². The Labute approximate surface area is 102 Å². The van der Waals surface area contributed by atoms with Crippen molar-refractivity contribution in [1.29, 1.82) is 0 Å². The van der Waals surface area contributed by atoms with E-state index in [1.54, 1.807) is 18.6 Å². The van der Waals surface area contributed by atoms with E-state index in [1.807, 2.05) is 19.1 Å². The molecular formula is C12H11F2NOS. The maximum atomic E-state index is 12.4. The second-order valence-electron chi connectivity index (χ2n) is 3.56. The standard InChI is InChI=1S/C12H11F2NOS/c1-7-3-4-8(5-10(7)16-2)9-6-17-12(15-9)11(13)14/h3-6,11H,1-2H3. The molecule has 0 unspecified atom stereocenters. The van der Waals surface area contributed by atoms with E-state index < -0.39 is 6.43 Å². The Morgan fingerprint density at radius 2 is 2.12 bits per heavy atom. The number of benzene rings is 1. The average Bonchev–Trinajstić information content (AvgIpc) is 2.79. The summed E-state index contributed by atoms with van der Waals surface area (Å²) in [5.41, 5.74) is 2.35. The first kappa shape index (κ1) is 12.0. The fraction of sp³-hybridized carbons (Fsp3) is 0.250. The molecule has 5 heteroatoms. The molecule has 0 radical (unpaired) electrons. The number of aryl methyl sites for hydroxylation is 1. The zero-order chi connectivity index (χ0) is 12.4. The third-order valence-electron chi connectivity index (χ3n) is 2.41. The van der Waals surface area contributed by atoms with Gasteiger partial charge in [0, 0.05) is 10.9 Å². The Hall–Kier alpha value is -1.49. The zero-order valence-corrected chi connectivity index (χ0v) is 10.2. The van der Waals surface area contributed by atoms with Gasteiger partial charge >= 0.3 is 0 Å². The molecule has 1 heterocycles. The summed E-state index contributed by atoms with van der Waals surface area (Å²) < 4.78 is 30.0. The number of methoxy groups -OCH3 is 1. The molecule has 17 heavy (non-hydrogen) atoms. The van der Waals surface area contributed by atoms with Crippen molar-refractivity contribution in [3.63, 3.8) is 0 Å². The molecule has 0 fully saturated rings. The van der Waals surface area contributed by atoms with Gasteiger partial charge in [0.2, 0.25) is 0 Å². The summed E-state index contributed by atoms with van der Waals surface area (Å²) in [6.45, 7) is 1.92. The maximum Gasteiger partial charge on any atom is 0.289 e. The molecule has 2 aromatic rings. The highest BCUT2D eigenvalue weighted by Gasteiger charge is 2.13. The molecule has 0 spiro atoms. The predicted octanol–water partition coefficient (Wildman–Crippen LogP) is 4.06. The molecule has 0 bridgehead atoms. The number of thiazole rings is 1. The van der Waals surface area contributed by atoms with E-state index >= 15 is 0 Å². The summed E-state index contributed by atoms with van der Waals surface area (Å²) >= 11 is 0.968. The highest BCUT2D eigenvalue weighted by Crippen LogP contribution is 2.30. The van der Waals surface area contributed by atoms with Crippen LogP contribution in [0, 0.1) is 6.92 Å². The molecule has 90 valence electrons. The second-order valence-corrected chi connectivity index (χ2v) is 4.45. The van der Waals surface area contributed by atoms with Crippen LogP contribution in [0.4, 0.5) is 8.78 Å². The summed E-state index contributed by atoms with van der Waals surface area (Å²) in [5, 5.41) is 1.48. The SMILES string of the molecule is COc1cc(-c2csc(C(F)F)n2)ccc1C. The summed E-state index contributed by atoms with van der Waals surface area (Å²) in [5.74, 6) is 0.731. The van der Waals surface area contributed by atoms with Crippen molar-refractivity contribution >= 4 is 11.3 Å². The lowest BCUT2D eigenvalue weighted by molar-refractivity contribution is 0.151. The van der Waals surface area contributed by atoms with Gasteiger partial charge in [0.15, 0.2) is 5.01 Å². The van der Waals surface area contributed by atoms with Crippen LogP contribution >= 0.6 is 11.3 Å². The number of hydrogen-bond donors (Lipinski definition) is 0. The van der Waals surface area contributed by atoms with Crippen LogP contribution in [0.25, 0.3) is 11.3 Å². The van der Waals surface area contributed by atoms with E-state index in [0.717, 1.165) is 28.2 Å². The van der Waals surface area contributed by atoms with E-state index in [9.17, 15) is 8.78 Å². The van der Waals surface area contributed by atoms with E-state index in [-0.39, 0.29) is 5.01 Å². The molecule has 2 nitrogen and oxygen atoms in total. The molecule has 0 N–H and O–H groups in total. The average molecular weight is 255 g/mol. The van der Waals surface area contributed by atoms with Crippen LogP contribution in [0.15, 0.2) is 23.6 Å². The Morgan fingerprint density at radius 3 is 2.71 bits per heavy atom. The van der Waals surface area contributed by atoms with Crippen LogP contribution in [0.1, 0.15) is 17.0 Å². The van der Waals surface area contributed by atoms with Crippen LogP contribution < -0.4 is 4.74 Å². The van der Waals surface area contributed by atoms with E-state index in [4.69, 9.17) is 4.74 Å². The van der Waals surface area contributed by atoms with Gasteiger partial charge in [0.25, 0.3) is 6.43 Å². The van der Waals surface area contributed by atoms with Gasteiger partial charge in [-0.2, -0.15) is 0 Å². The van der Waals surface area contributed by atoms with Crippen LogP contribution in [0.2, 0.25) is 0 Å². The second kappa shape index (κ2) is 4.79. The number of rotatable bonds is 3. The smallest absolute Gasteiger partial charge is 0.289 e. The minimum absolute atomic E-state index is 0.153. The van der Waals surface area contributed by atoms with Gasteiger partial charge in [0.1, 0.15) is 5.75 Å². The fourth-order valence-corrected chi connectivity index (χ4v) is 2.17. The van der Waals surface area contributed by atoms with Gasteiger partial charge in [0.05, 0.1) is 12.8 Å². The molecule has 0 aliphatic rings. The maximum absolute atomic E-state index is 12.4. The molecule has 0 atom stereocenters. The van der Waals surface area contributed by atoms with Gasteiger partial charge in [-0.1, -0.05) is 12.1 Å². The number of ether oxygens (including phenoxy) is 1. The lowest BCUT2D eigenvalue weighted by Gasteiger charge is -2.05. The monoisotopic (exact) mass is 255 g/mol. The van der Waals surface area contributed by atoms with Crippen molar-refractivity contribution < 1.29 is 13.5 Å². The number of hydrogen-bond acceptors (Lipinski definition) is 3. The summed E-state index contributed by atoms with van der Waals surface area (Å²) in [6, 6.07) is 5.54. The molecule has 2 rings (SSSR count). The minimum atomic E-state index is -2.51. The van der Waals surface area contributed by atoms with Crippen molar-refractivity contribution in [2.75, 3.05) is 7.11 Å². The molecule has 1 aromatic heterocycles. The molecule has 0 aliphatic heterocycles. The first-order valence-electron chi connectivity index (χ1n) is 5.00. The third kappa shape index (κ3) is 2.44. The Bertz CT molecular complexity index is 525. The van der Waals surface area contributed by atoms with Crippen molar-refractivity contribution in [2.45, 2.75) is 13.3 Å². The van der Waals surface area contributed by atoms with Crippen LogP contribution in [-0.4, -0.2) is 12.1 Å². The first-order chi connectivity index (χ1) is 8.11. The Morgan fingerprint density at radius 1 is 1.35 bits per heavy atom. The van der Waals surface area contributed by atoms with Crippen LogP contribution in [0.3, 0.4) is 0 Å². The van der Waals surface area contributed by atoms with Crippen molar-refractivity contribution in [3.8, 4) is 17.0 Å². The lowest BCUT2D eigenvalue weighted by Crippen LogP contribution is -1.88. The van der Waals surface area contributed by atoms with Crippen LogP contribution in [0.5, 0.6) is 5.75 Å². The Kier molecular flexibility index (Phi) is 3.38. The third-order valence-corrected chi connectivity index (χ3v) is 3.26. The topological polar surface area (TPSA) is 22.1 Å². The van der Waals surface area contributed by atoms with Crippen molar-refractivity contribution in [2.24, 2.45) is 0 Å². The van der Waals surface area contributed by atoms with E-state index in [2.05, 4.69) is 4.98 Å². The van der Waals surface area contributed by atoms with Gasteiger partial charge in [-0.15, -0.1) is 11.3 Å². The molecule has 0 aliphatic carbocycles. The highest BCUT2D eigenvalue weighted by atomic mass is 32.1. The molecular weight excluding hydrogens is 244 g/mol. The number of alkyl halides is 2. The quantitative estimate of drug-likeness (QED) is 0.825. The molecule has 0 saturated carbocycles. The van der Waals surface area contributed by atoms with Crippen LogP contribution in [-0.2, 0) is 0 Å². The largest absolute Gasteiger partial charge is 0.496 e. The Balaban J connectivity index is 2.38. The fourth-order valence-electron chi connectivity index (χ4n) is 1.50. The van der Waals surface area contributed by atoms with Crippen molar-refractivity contribution in [1.82, 2.24) is 4.98 Å². The highest BCUT2D eigenvalue weighted by molar-refractivity contribution is 7.10. The van der Waals surface area contributed by atoms with E-state index in [0.29, 0.717) is 5.69 Å². The van der Waals surface area contributed by atoms with E-state index in [1.165, 1.54) is 0 Å². The number of nitrogens with zero attached hydrogens (tertiary/aromatic N) is 1. The summed E-state index contributed by atoms with van der Waals surface area (Å²) in [7, 11) is 1.58. The number of halogens is 2. The van der Waals surface area contributed by atoms with Crippen molar-refractivity contribution in [3.05, 3.63) is 34.2 Å². The predicted molar refractivity (Wildman–Crippen MR) is 63.8 cm³/mol. The molecule has 0 amide bonds. The first-order valence-corrected chi connectivity index (χ1v) is 5.88. The van der Waals surface area contributed by atoms with Gasteiger partial charge < -0.3 is 4.74 Å².